The fourth-order valence-corrected chi connectivity index (χ4v) is 2.55. The van der Waals surface area contributed by atoms with Gasteiger partial charge in [-0.05, 0) is 23.8 Å². The molecule has 1 atom stereocenters. The minimum Gasteiger partial charge on any atom is -0.368 e. The van der Waals surface area contributed by atoms with E-state index in [1.165, 1.54) is 6.33 Å². The first-order valence-electron chi connectivity index (χ1n) is 6.24. The molecule has 0 aliphatic carbocycles. The molecule has 106 valence electrons. The highest BCUT2D eigenvalue weighted by molar-refractivity contribution is 9.10. The Morgan fingerprint density at radius 2 is 2.19 bits per heavy atom. The highest BCUT2D eigenvalue weighted by Crippen LogP contribution is 2.25. The van der Waals surface area contributed by atoms with Gasteiger partial charge in [-0.15, -0.1) is 0 Å². The predicted molar refractivity (Wildman–Crippen MR) is 83.6 cm³/mol. The summed E-state index contributed by atoms with van der Waals surface area (Å²) in [5.41, 5.74) is 6.98. The highest BCUT2D eigenvalue weighted by atomic mass is 79.9. The van der Waals surface area contributed by atoms with Gasteiger partial charge in [0.15, 0.2) is 0 Å². The molecule has 0 saturated heterocycles. The molecule has 1 aromatic carbocycles. The summed E-state index contributed by atoms with van der Waals surface area (Å²) < 4.78 is 0.877. The van der Waals surface area contributed by atoms with Gasteiger partial charge in [0.2, 0.25) is 5.91 Å². The van der Waals surface area contributed by atoms with Crippen molar-refractivity contribution in [1.29, 1.82) is 0 Å². The number of H-pyrrole nitrogens is 1. The molecular formula is C14H12BrN5O. The number of amides is 1. The molecule has 3 aromatic rings. The second-order valence-corrected chi connectivity index (χ2v) is 5.41. The van der Waals surface area contributed by atoms with Crippen LogP contribution in [-0.4, -0.2) is 20.9 Å². The highest BCUT2D eigenvalue weighted by Gasteiger charge is 2.19. The van der Waals surface area contributed by atoms with Gasteiger partial charge in [-0.25, -0.2) is 9.97 Å². The van der Waals surface area contributed by atoms with Crippen molar-refractivity contribution in [3.05, 3.63) is 52.9 Å². The maximum atomic E-state index is 11.8. The van der Waals surface area contributed by atoms with Gasteiger partial charge < -0.3 is 16.0 Å². The van der Waals surface area contributed by atoms with E-state index in [4.69, 9.17) is 5.73 Å². The second kappa shape index (κ2) is 5.53. The topological polar surface area (TPSA) is 96.7 Å². The lowest BCUT2D eigenvalue weighted by molar-refractivity contribution is -0.118. The zero-order valence-electron chi connectivity index (χ0n) is 10.9. The van der Waals surface area contributed by atoms with Crippen LogP contribution in [0.1, 0.15) is 11.6 Å². The number of fused-ring (bicyclic) bond motifs is 1. The monoisotopic (exact) mass is 345 g/mol. The first-order valence-corrected chi connectivity index (χ1v) is 7.04. The Labute approximate surface area is 128 Å². The van der Waals surface area contributed by atoms with Crippen molar-refractivity contribution in [2.24, 2.45) is 5.73 Å². The lowest BCUT2D eigenvalue weighted by Gasteiger charge is -2.17. The van der Waals surface area contributed by atoms with Crippen molar-refractivity contribution < 1.29 is 4.79 Å². The number of carbonyl (C=O) groups is 1. The minimum atomic E-state index is -0.671. The third-order valence-corrected chi connectivity index (χ3v) is 3.59. The summed E-state index contributed by atoms with van der Waals surface area (Å²) in [4.78, 5) is 23.1. The number of benzene rings is 1. The maximum absolute atomic E-state index is 11.8. The Hall–Kier alpha value is -2.41. The van der Waals surface area contributed by atoms with Crippen LogP contribution in [0.5, 0.6) is 0 Å². The number of hydrogen-bond donors (Lipinski definition) is 3. The van der Waals surface area contributed by atoms with Crippen molar-refractivity contribution in [3.63, 3.8) is 0 Å². The van der Waals surface area contributed by atoms with E-state index in [1.54, 1.807) is 6.20 Å². The summed E-state index contributed by atoms with van der Waals surface area (Å²) >= 11 is 3.39. The van der Waals surface area contributed by atoms with E-state index < -0.39 is 11.9 Å². The Morgan fingerprint density at radius 1 is 1.33 bits per heavy atom. The molecule has 0 spiro atoms. The van der Waals surface area contributed by atoms with Crippen LogP contribution >= 0.6 is 15.9 Å². The van der Waals surface area contributed by atoms with Crippen LogP contribution in [0, 0.1) is 0 Å². The number of carbonyl (C=O) groups excluding carboxylic acids is 1. The van der Waals surface area contributed by atoms with E-state index in [1.807, 2.05) is 30.3 Å². The van der Waals surface area contributed by atoms with E-state index in [9.17, 15) is 4.79 Å². The number of nitrogens with two attached hydrogens (primary N) is 1. The van der Waals surface area contributed by atoms with Crippen molar-refractivity contribution in [3.8, 4) is 0 Å². The smallest absolute Gasteiger partial charge is 0.244 e. The fraction of sp³-hybridized carbons (Fsp3) is 0.0714. The van der Waals surface area contributed by atoms with Crippen molar-refractivity contribution >= 4 is 38.7 Å². The number of nitrogens with zero attached hydrogens (tertiary/aromatic N) is 2. The largest absolute Gasteiger partial charge is 0.368 e. The molecule has 0 radical (unpaired) electrons. The Balaban J connectivity index is 2.00. The number of hydrogen-bond acceptors (Lipinski definition) is 4. The molecular weight excluding hydrogens is 334 g/mol. The lowest BCUT2D eigenvalue weighted by Crippen LogP contribution is -2.28. The summed E-state index contributed by atoms with van der Waals surface area (Å²) in [6.07, 6.45) is 3.20. The number of halogens is 1. The molecule has 21 heavy (non-hydrogen) atoms. The van der Waals surface area contributed by atoms with E-state index >= 15 is 0 Å². The van der Waals surface area contributed by atoms with Crippen LogP contribution in [-0.2, 0) is 4.79 Å². The van der Waals surface area contributed by atoms with Gasteiger partial charge in [-0.2, -0.15) is 0 Å². The number of aromatic amines is 1. The number of aromatic nitrogens is 3. The second-order valence-electron chi connectivity index (χ2n) is 4.50. The van der Waals surface area contributed by atoms with Crippen LogP contribution in [0.25, 0.3) is 11.0 Å². The summed E-state index contributed by atoms with van der Waals surface area (Å²) in [5, 5.41) is 3.89. The van der Waals surface area contributed by atoms with Gasteiger partial charge in [-0.1, -0.05) is 28.1 Å². The molecule has 0 aliphatic rings. The molecule has 7 heteroatoms. The van der Waals surface area contributed by atoms with Gasteiger partial charge in [0.1, 0.15) is 23.8 Å². The molecule has 3 rings (SSSR count). The van der Waals surface area contributed by atoms with Crippen LogP contribution < -0.4 is 11.1 Å². The molecule has 2 aromatic heterocycles. The molecule has 1 unspecified atom stereocenters. The average Bonchev–Trinajstić information content (AvgIpc) is 2.93. The molecule has 1 amide bonds. The van der Waals surface area contributed by atoms with Gasteiger partial charge in [0.25, 0.3) is 0 Å². The van der Waals surface area contributed by atoms with Crippen LogP contribution in [0.3, 0.4) is 0 Å². The molecule has 0 fully saturated rings. The third-order valence-electron chi connectivity index (χ3n) is 3.10. The minimum absolute atomic E-state index is 0.476. The maximum Gasteiger partial charge on any atom is 0.244 e. The summed E-state index contributed by atoms with van der Waals surface area (Å²) in [5.74, 6) is 0.0837. The van der Waals surface area contributed by atoms with Crippen LogP contribution in [0.15, 0.2) is 47.3 Å². The SMILES string of the molecule is NC(=O)C(Nc1ncnc2[nH]ccc12)c1cccc(Br)c1. The standard InChI is InChI=1S/C14H12BrN5O/c15-9-3-1-2-8(6-9)11(12(16)21)20-14-10-4-5-17-13(10)18-7-19-14/h1-7,11H,(H2,16,21)(H2,17,18,19,20). The first-order chi connectivity index (χ1) is 10.1. The van der Waals surface area contributed by atoms with E-state index in [0.29, 0.717) is 11.5 Å². The summed E-state index contributed by atoms with van der Waals surface area (Å²) in [6, 6.07) is 8.59. The Bertz CT molecular complexity index is 801. The van der Waals surface area contributed by atoms with E-state index in [0.717, 1.165) is 15.4 Å². The molecule has 4 N–H and O–H groups in total. The molecule has 0 aliphatic heterocycles. The van der Waals surface area contributed by atoms with Crippen molar-refractivity contribution in [2.45, 2.75) is 6.04 Å². The van der Waals surface area contributed by atoms with Gasteiger partial charge in [0, 0.05) is 10.7 Å². The molecule has 0 saturated carbocycles. The quantitative estimate of drug-likeness (QED) is 0.676. The number of nitrogens with one attached hydrogen (secondary N) is 2. The first kappa shape index (κ1) is 13.6. The summed E-state index contributed by atoms with van der Waals surface area (Å²) in [6.45, 7) is 0. The number of rotatable bonds is 4. The number of anilines is 1. The predicted octanol–water partition coefficient (Wildman–Crippen LogP) is 2.36. The third kappa shape index (κ3) is 2.73. The Morgan fingerprint density at radius 3 is 2.95 bits per heavy atom. The molecule has 2 heterocycles. The average molecular weight is 346 g/mol. The Kier molecular flexibility index (Phi) is 3.57. The van der Waals surface area contributed by atoms with Crippen LogP contribution in [0.2, 0.25) is 0 Å². The van der Waals surface area contributed by atoms with E-state index in [2.05, 4.69) is 36.2 Å². The zero-order valence-corrected chi connectivity index (χ0v) is 12.5. The van der Waals surface area contributed by atoms with Gasteiger partial charge in [-0.3, -0.25) is 4.79 Å². The van der Waals surface area contributed by atoms with Crippen molar-refractivity contribution in [2.75, 3.05) is 5.32 Å². The van der Waals surface area contributed by atoms with Crippen LogP contribution in [0.4, 0.5) is 5.82 Å². The van der Waals surface area contributed by atoms with Gasteiger partial charge >= 0.3 is 0 Å². The lowest BCUT2D eigenvalue weighted by atomic mass is 10.1. The summed E-state index contributed by atoms with van der Waals surface area (Å²) in [7, 11) is 0. The van der Waals surface area contributed by atoms with Gasteiger partial charge in [0.05, 0.1) is 5.39 Å². The zero-order chi connectivity index (χ0) is 14.8. The molecule has 0 bridgehead atoms. The normalized spacial score (nSPS) is 12.2. The molecule has 6 nitrogen and oxygen atoms in total. The van der Waals surface area contributed by atoms with E-state index in [-0.39, 0.29) is 0 Å². The number of primary amides is 1. The fourth-order valence-electron chi connectivity index (χ4n) is 2.13. The van der Waals surface area contributed by atoms with Crippen molar-refractivity contribution in [1.82, 2.24) is 15.0 Å².